The van der Waals surface area contributed by atoms with Gasteiger partial charge in [-0.1, -0.05) is 54.1 Å². The molecule has 182 valence electrons. The number of rotatable bonds is 5. The molecule has 0 unspecified atom stereocenters. The Morgan fingerprint density at radius 2 is 1.63 bits per heavy atom. The number of carbonyl (C=O) groups is 1. The lowest BCUT2D eigenvalue weighted by Gasteiger charge is -2.41. The second-order valence-corrected chi connectivity index (χ2v) is 9.64. The zero-order chi connectivity index (χ0) is 24.3. The molecule has 1 spiro atoms. The van der Waals surface area contributed by atoms with Crippen LogP contribution in [0.15, 0.2) is 72.8 Å². The number of anilines is 1. The quantitative estimate of drug-likeness (QED) is 0.427. The second kappa shape index (κ2) is 10.2. The molecule has 2 aliphatic heterocycles. The molecule has 0 N–H and O–H groups in total. The molecule has 2 aliphatic rings. The van der Waals surface area contributed by atoms with Gasteiger partial charge >= 0.3 is 0 Å². The molecule has 0 saturated carbocycles. The number of ether oxygens (including phenoxy) is 2. The normalized spacial score (nSPS) is 16.9. The zero-order valence-corrected chi connectivity index (χ0v) is 20.8. The van der Waals surface area contributed by atoms with Crippen molar-refractivity contribution in [1.29, 1.82) is 0 Å². The Hall–Kier alpha value is -3.18. The van der Waals surface area contributed by atoms with Gasteiger partial charge in [0.15, 0.2) is 0 Å². The topological polar surface area (TPSA) is 42.0 Å². The maximum absolute atomic E-state index is 13.1. The first-order chi connectivity index (χ1) is 17.1. The number of nitrogens with zero attached hydrogens (tertiary/aromatic N) is 2. The summed E-state index contributed by atoms with van der Waals surface area (Å²) in [6.45, 7) is 5.58. The highest BCUT2D eigenvalue weighted by Gasteiger charge is 2.41. The van der Waals surface area contributed by atoms with Crippen LogP contribution in [0.25, 0.3) is 0 Å². The molecule has 0 bridgehead atoms. The van der Waals surface area contributed by atoms with E-state index in [0.29, 0.717) is 30.3 Å². The van der Waals surface area contributed by atoms with E-state index in [9.17, 15) is 4.79 Å². The number of benzene rings is 3. The molecule has 0 aliphatic carbocycles. The van der Waals surface area contributed by atoms with E-state index in [4.69, 9.17) is 21.1 Å². The third-order valence-corrected chi connectivity index (χ3v) is 7.40. The van der Waals surface area contributed by atoms with Crippen molar-refractivity contribution in [2.75, 3.05) is 31.1 Å². The van der Waals surface area contributed by atoms with Gasteiger partial charge in [-0.2, -0.15) is 0 Å². The van der Waals surface area contributed by atoms with E-state index in [1.54, 1.807) is 12.1 Å². The Morgan fingerprint density at radius 3 is 2.43 bits per heavy atom. The predicted molar refractivity (Wildman–Crippen MR) is 140 cm³/mol. The minimum absolute atomic E-state index is 0.00590. The van der Waals surface area contributed by atoms with Gasteiger partial charge in [-0.3, -0.25) is 4.79 Å². The summed E-state index contributed by atoms with van der Waals surface area (Å²) in [5, 5.41) is 0.500. The van der Waals surface area contributed by atoms with Gasteiger partial charge in [0, 0.05) is 51.0 Å². The summed E-state index contributed by atoms with van der Waals surface area (Å²) in [5.41, 5.74) is 2.54. The third-order valence-electron chi connectivity index (χ3n) is 7.07. The monoisotopic (exact) mass is 490 g/mol. The predicted octanol–water partition coefficient (Wildman–Crippen LogP) is 6.20. The number of fused-ring (bicyclic) bond motifs is 1. The van der Waals surface area contributed by atoms with Gasteiger partial charge in [-0.25, -0.2) is 0 Å². The van der Waals surface area contributed by atoms with Gasteiger partial charge in [0.1, 0.15) is 17.1 Å². The lowest BCUT2D eigenvalue weighted by Crippen LogP contribution is -2.50. The molecule has 1 saturated heterocycles. The van der Waals surface area contributed by atoms with Crippen molar-refractivity contribution in [2.45, 2.75) is 38.3 Å². The number of hydrogen-bond acceptors (Lipinski definition) is 4. The van der Waals surface area contributed by atoms with Crippen LogP contribution in [0.2, 0.25) is 5.02 Å². The van der Waals surface area contributed by atoms with Crippen molar-refractivity contribution >= 4 is 23.2 Å². The van der Waals surface area contributed by atoms with Crippen LogP contribution in [0.3, 0.4) is 0 Å². The highest BCUT2D eigenvalue weighted by atomic mass is 35.5. The van der Waals surface area contributed by atoms with Crippen LogP contribution in [-0.4, -0.2) is 42.6 Å². The van der Waals surface area contributed by atoms with Crippen LogP contribution in [-0.2, 0) is 6.54 Å². The SMILES string of the molecule is CCOc1ccccc1CN1CCC2(CCN(C(=O)c3ccccc3Cl)CC2)Oc2ccccc21. The summed E-state index contributed by atoms with van der Waals surface area (Å²) in [7, 11) is 0. The standard InChI is InChI=1S/C29H31ClN2O3/c1-2-34-26-13-7-3-9-22(26)21-32-20-17-29(35-27-14-8-6-12-25(27)32)15-18-31(19-16-29)28(33)23-10-4-5-11-24(23)30/h3-14H,2,15-21H2,1H3. The molecule has 5 rings (SSSR count). The van der Waals surface area contributed by atoms with Crippen molar-refractivity contribution in [3.63, 3.8) is 0 Å². The fourth-order valence-electron chi connectivity index (χ4n) is 5.12. The molecule has 35 heavy (non-hydrogen) atoms. The van der Waals surface area contributed by atoms with E-state index in [0.717, 1.165) is 49.5 Å². The van der Waals surface area contributed by atoms with Crippen molar-refractivity contribution in [3.05, 3.63) is 88.9 Å². The molecule has 0 radical (unpaired) electrons. The van der Waals surface area contributed by atoms with E-state index >= 15 is 0 Å². The molecule has 2 heterocycles. The Labute approximate surface area is 212 Å². The third kappa shape index (κ3) is 4.96. The van der Waals surface area contributed by atoms with Gasteiger partial charge in [0.05, 0.1) is 22.9 Å². The molecule has 3 aromatic rings. The van der Waals surface area contributed by atoms with E-state index in [1.165, 1.54) is 5.56 Å². The van der Waals surface area contributed by atoms with Crippen molar-refractivity contribution in [1.82, 2.24) is 4.90 Å². The molecule has 1 fully saturated rings. The van der Waals surface area contributed by atoms with Crippen molar-refractivity contribution in [3.8, 4) is 11.5 Å². The first kappa shape index (κ1) is 23.6. The average molecular weight is 491 g/mol. The first-order valence-electron chi connectivity index (χ1n) is 12.4. The van der Waals surface area contributed by atoms with Gasteiger partial charge in [-0.05, 0) is 37.3 Å². The smallest absolute Gasteiger partial charge is 0.255 e. The number of carbonyl (C=O) groups excluding carboxylic acids is 1. The zero-order valence-electron chi connectivity index (χ0n) is 20.1. The molecular formula is C29H31ClN2O3. The van der Waals surface area contributed by atoms with Crippen LogP contribution in [0.5, 0.6) is 11.5 Å². The largest absolute Gasteiger partial charge is 0.494 e. The number of halogens is 1. The molecule has 5 nitrogen and oxygen atoms in total. The molecule has 0 atom stereocenters. The highest BCUT2D eigenvalue weighted by molar-refractivity contribution is 6.33. The van der Waals surface area contributed by atoms with Gasteiger partial charge < -0.3 is 19.3 Å². The molecule has 3 aromatic carbocycles. The summed E-state index contributed by atoms with van der Waals surface area (Å²) < 4.78 is 12.6. The van der Waals surface area contributed by atoms with E-state index in [-0.39, 0.29) is 11.5 Å². The van der Waals surface area contributed by atoms with Gasteiger partial charge in [0.25, 0.3) is 5.91 Å². The summed E-state index contributed by atoms with van der Waals surface area (Å²) >= 11 is 6.29. The molecule has 0 aromatic heterocycles. The van der Waals surface area contributed by atoms with Crippen LogP contribution >= 0.6 is 11.6 Å². The fraction of sp³-hybridized carbons (Fsp3) is 0.345. The Kier molecular flexibility index (Phi) is 6.87. The highest BCUT2D eigenvalue weighted by Crippen LogP contribution is 2.41. The second-order valence-electron chi connectivity index (χ2n) is 9.24. The van der Waals surface area contributed by atoms with E-state index < -0.39 is 0 Å². The number of para-hydroxylation sites is 3. The first-order valence-corrected chi connectivity index (χ1v) is 12.7. The average Bonchev–Trinajstić information content (AvgIpc) is 3.03. The number of piperidine rings is 1. The van der Waals surface area contributed by atoms with Crippen molar-refractivity contribution in [2.24, 2.45) is 0 Å². The Bertz CT molecular complexity index is 1190. The van der Waals surface area contributed by atoms with E-state index in [1.807, 2.05) is 42.2 Å². The van der Waals surface area contributed by atoms with Gasteiger partial charge in [-0.15, -0.1) is 0 Å². The summed E-state index contributed by atoms with van der Waals surface area (Å²) in [6, 6.07) is 23.8. The van der Waals surface area contributed by atoms with Crippen molar-refractivity contribution < 1.29 is 14.3 Å². The van der Waals surface area contributed by atoms with Crippen LogP contribution < -0.4 is 14.4 Å². The number of likely N-dealkylation sites (tertiary alicyclic amines) is 1. The number of amides is 1. The molecule has 1 amide bonds. The fourth-order valence-corrected chi connectivity index (χ4v) is 5.34. The minimum Gasteiger partial charge on any atom is -0.494 e. The van der Waals surface area contributed by atoms with Gasteiger partial charge in [0.2, 0.25) is 0 Å². The van der Waals surface area contributed by atoms with Crippen LogP contribution in [0.4, 0.5) is 5.69 Å². The maximum atomic E-state index is 13.1. The Morgan fingerprint density at radius 1 is 0.943 bits per heavy atom. The maximum Gasteiger partial charge on any atom is 0.255 e. The van der Waals surface area contributed by atoms with E-state index in [2.05, 4.69) is 35.2 Å². The molecular weight excluding hydrogens is 460 g/mol. The lowest BCUT2D eigenvalue weighted by molar-refractivity contribution is 0.00239. The van der Waals surface area contributed by atoms with Crippen LogP contribution in [0, 0.1) is 0 Å². The summed E-state index contributed by atoms with van der Waals surface area (Å²) in [6.07, 6.45) is 2.48. The van der Waals surface area contributed by atoms with Crippen LogP contribution in [0.1, 0.15) is 42.1 Å². The molecule has 6 heteroatoms. The summed E-state index contributed by atoms with van der Waals surface area (Å²) in [5.74, 6) is 1.83. The number of hydrogen-bond donors (Lipinski definition) is 0. The Balaban J connectivity index is 1.33. The minimum atomic E-state index is -0.290. The lowest BCUT2D eigenvalue weighted by atomic mass is 9.87. The summed E-state index contributed by atoms with van der Waals surface area (Å²) in [4.78, 5) is 17.4.